The standard InChI is InChI=1S/C15H11N3O4/c19-15(14-8-10-4-1-2-7-13(10)22-14)17-16-11-5-3-6-12(9-11)18(20)21/h1-9,16H,(H,17,19). The Morgan fingerprint density at radius 3 is 2.68 bits per heavy atom. The summed E-state index contributed by atoms with van der Waals surface area (Å²) in [4.78, 5) is 22.2. The number of carbonyl (C=O) groups is 1. The molecule has 0 radical (unpaired) electrons. The molecule has 0 bridgehead atoms. The normalized spacial score (nSPS) is 10.4. The van der Waals surface area contributed by atoms with Gasteiger partial charge in [-0.05, 0) is 18.2 Å². The van der Waals surface area contributed by atoms with E-state index in [4.69, 9.17) is 4.42 Å². The van der Waals surface area contributed by atoms with E-state index in [1.165, 1.54) is 18.2 Å². The number of nitrogens with zero attached hydrogens (tertiary/aromatic N) is 1. The SMILES string of the molecule is O=C(NNc1cccc([N+](=O)[O-])c1)c1cc2ccccc2o1. The lowest BCUT2D eigenvalue weighted by molar-refractivity contribution is -0.384. The maximum absolute atomic E-state index is 12.0. The second-order valence-electron chi connectivity index (χ2n) is 4.54. The minimum absolute atomic E-state index is 0.0667. The van der Waals surface area contributed by atoms with Gasteiger partial charge in [-0.2, -0.15) is 0 Å². The zero-order chi connectivity index (χ0) is 15.5. The van der Waals surface area contributed by atoms with Gasteiger partial charge in [-0.3, -0.25) is 25.8 Å². The number of fused-ring (bicyclic) bond motifs is 1. The van der Waals surface area contributed by atoms with Crippen LogP contribution in [-0.2, 0) is 0 Å². The third-order valence-electron chi connectivity index (χ3n) is 3.03. The van der Waals surface area contributed by atoms with Gasteiger partial charge in [0.05, 0.1) is 10.6 Å². The van der Waals surface area contributed by atoms with Crippen molar-refractivity contribution in [1.82, 2.24) is 5.43 Å². The van der Waals surface area contributed by atoms with Crippen LogP contribution in [-0.4, -0.2) is 10.8 Å². The number of nitro benzene ring substituents is 1. The second-order valence-corrected chi connectivity index (χ2v) is 4.54. The van der Waals surface area contributed by atoms with Gasteiger partial charge in [0.2, 0.25) is 0 Å². The van der Waals surface area contributed by atoms with E-state index in [9.17, 15) is 14.9 Å². The van der Waals surface area contributed by atoms with Crippen molar-refractivity contribution in [3.05, 3.63) is 70.5 Å². The molecule has 0 atom stereocenters. The number of benzene rings is 2. The highest BCUT2D eigenvalue weighted by Gasteiger charge is 2.12. The lowest BCUT2D eigenvalue weighted by atomic mass is 10.2. The van der Waals surface area contributed by atoms with E-state index < -0.39 is 10.8 Å². The van der Waals surface area contributed by atoms with Crippen molar-refractivity contribution in [2.24, 2.45) is 0 Å². The molecule has 7 heteroatoms. The summed E-state index contributed by atoms with van der Waals surface area (Å²) < 4.78 is 5.42. The molecule has 2 N–H and O–H groups in total. The number of hydrogen-bond acceptors (Lipinski definition) is 5. The Balaban J connectivity index is 1.72. The minimum Gasteiger partial charge on any atom is -0.451 e. The van der Waals surface area contributed by atoms with Crippen LogP contribution >= 0.6 is 0 Å². The first-order valence-electron chi connectivity index (χ1n) is 6.43. The van der Waals surface area contributed by atoms with E-state index in [0.717, 1.165) is 5.39 Å². The fraction of sp³-hybridized carbons (Fsp3) is 0. The van der Waals surface area contributed by atoms with Crippen molar-refractivity contribution in [3.8, 4) is 0 Å². The molecule has 2 aromatic carbocycles. The summed E-state index contributed by atoms with van der Waals surface area (Å²) in [5, 5.41) is 11.5. The Hall–Kier alpha value is -3.35. The summed E-state index contributed by atoms with van der Waals surface area (Å²) in [6.45, 7) is 0. The first-order chi connectivity index (χ1) is 10.6. The summed E-state index contributed by atoms with van der Waals surface area (Å²) >= 11 is 0. The fourth-order valence-corrected chi connectivity index (χ4v) is 1.98. The van der Waals surface area contributed by atoms with Gasteiger partial charge in [-0.1, -0.05) is 24.3 Å². The van der Waals surface area contributed by atoms with Crippen LogP contribution in [0.4, 0.5) is 11.4 Å². The molecule has 3 rings (SSSR count). The smallest absolute Gasteiger partial charge is 0.305 e. The summed E-state index contributed by atoms with van der Waals surface area (Å²) in [5.74, 6) is -0.318. The highest BCUT2D eigenvalue weighted by atomic mass is 16.6. The molecule has 22 heavy (non-hydrogen) atoms. The second kappa shape index (κ2) is 5.57. The number of furan rings is 1. The van der Waals surface area contributed by atoms with Gasteiger partial charge in [0.15, 0.2) is 5.76 Å². The van der Waals surface area contributed by atoms with Gasteiger partial charge in [0, 0.05) is 17.5 Å². The maximum Gasteiger partial charge on any atom is 0.305 e. The largest absolute Gasteiger partial charge is 0.451 e. The summed E-state index contributed by atoms with van der Waals surface area (Å²) in [6, 6.07) is 14.7. The molecule has 0 spiro atoms. The first-order valence-corrected chi connectivity index (χ1v) is 6.43. The lowest BCUT2D eigenvalue weighted by Gasteiger charge is -2.06. The third-order valence-corrected chi connectivity index (χ3v) is 3.03. The molecule has 0 aliphatic rings. The van der Waals surface area contributed by atoms with Crippen LogP contribution in [0, 0.1) is 10.1 Å². The molecule has 0 saturated carbocycles. The highest BCUT2D eigenvalue weighted by Crippen LogP contribution is 2.19. The molecule has 0 aliphatic heterocycles. The van der Waals surface area contributed by atoms with Crippen LogP contribution in [0.5, 0.6) is 0 Å². The van der Waals surface area contributed by atoms with Gasteiger partial charge >= 0.3 is 5.91 Å². The van der Waals surface area contributed by atoms with E-state index in [2.05, 4.69) is 10.9 Å². The predicted octanol–water partition coefficient (Wildman–Crippen LogP) is 3.10. The van der Waals surface area contributed by atoms with Crippen molar-refractivity contribution >= 4 is 28.3 Å². The van der Waals surface area contributed by atoms with Crippen molar-refractivity contribution in [2.75, 3.05) is 5.43 Å². The molecule has 1 amide bonds. The zero-order valence-corrected chi connectivity index (χ0v) is 11.3. The molecule has 7 nitrogen and oxygen atoms in total. The van der Waals surface area contributed by atoms with E-state index in [-0.39, 0.29) is 11.4 Å². The minimum atomic E-state index is -0.508. The van der Waals surface area contributed by atoms with E-state index in [0.29, 0.717) is 11.3 Å². The van der Waals surface area contributed by atoms with E-state index in [1.807, 2.05) is 18.2 Å². The number of non-ortho nitro benzene ring substituents is 1. The van der Waals surface area contributed by atoms with Crippen LogP contribution in [0.1, 0.15) is 10.6 Å². The van der Waals surface area contributed by atoms with Crippen molar-refractivity contribution in [3.63, 3.8) is 0 Å². The molecule has 0 fully saturated rings. The molecule has 0 aliphatic carbocycles. The molecule has 0 unspecified atom stereocenters. The number of anilines is 1. The van der Waals surface area contributed by atoms with Gasteiger partial charge in [0.1, 0.15) is 5.58 Å². The number of para-hydroxylation sites is 1. The van der Waals surface area contributed by atoms with E-state index in [1.54, 1.807) is 18.2 Å². The van der Waals surface area contributed by atoms with E-state index >= 15 is 0 Å². The number of carbonyl (C=O) groups excluding carboxylic acids is 1. The van der Waals surface area contributed by atoms with Gasteiger partial charge in [0.25, 0.3) is 5.69 Å². The predicted molar refractivity (Wildman–Crippen MR) is 80.4 cm³/mol. The van der Waals surface area contributed by atoms with Crippen LogP contribution < -0.4 is 10.9 Å². The Morgan fingerprint density at radius 2 is 1.91 bits per heavy atom. The number of rotatable bonds is 4. The van der Waals surface area contributed by atoms with Gasteiger partial charge in [-0.25, -0.2) is 0 Å². The molecule has 0 saturated heterocycles. The van der Waals surface area contributed by atoms with Crippen molar-refractivity contribution < 1.29 is 14.1 Å². The monoisotopic (exact) mass is 297 g/mol. The first kappa shape index (κ1) is 13.6. The average molecular weight is 297 g/mol. The fourth-order valence-electron chi connectivity index (χ4n) is 1.98. The summed E-state index contributed by atoms with van der Waals surface area (Å²) in [6.07, 6.45) is 0. The highest BCUT2D eigenvalue weighted by molar-refractivity contribution is 5.96. The maximum atomic E-state index is 12.0. The quantitative estimate of drug-likeness (QED) is 0.569. The Labute approximate surface area is 124 Å². The Morgan fingerprint density at radius 1 is 1.09 bits per heavy atom. The van der Waals surface area contributed by atoms with Crippen LogP contribution in [0.25, 0.3) is 11.0 Å². The lowest BCUT2D eigenvalue weighted by Crippen LogP contribution is -2.28. The number of hydrazine groups is 1. The molecule has 3 aromatic rings. The summed E-state index contributed by atoms with van der Waals surface area (Å²) in [5.41, 5.74) is 6.00. The average Bonchev–Trinajstić information content (AvgIpc) is 2.97. The van der Waals surface area contributed by atoms with Gasteiger partial charge in [-0.15, -0.1) is 0 Å². The third kappa shape index (κ3) is 2.73. The molecule has 1 aromatic heterocycles. The molecule has 110 valence electrons. The Bertz CT molecular complexity index is 824. The number of nitrogens with one attached hydrogen (secondary N) is 2. The van der Waals surface area contributed by atoms with Crippen LogP contribution in [0.3, 0.4) is 0 Å². The number of amides is 1. The molecule has 1 heterocycles. The number of nitro groups is 1. The Kier molecular flexibility index (Phi) is 3.45. The van der Waals surface area contributed by atoms with Crippen molar-refractivity contribution in [2.45, 2.75) is 0 Å². The van der Waals surface area contributed by atoms with Gasteiger partial charge < -0.3 is 4.42 Å². The van der Waals surface area contributed by atoms with Crippen LogP contribution in [0.2, 0.25) is 0 Å². The zero-order valence-electron chi connectivity index (χ0n) is 11.3. The van der Waals surface area contributed by atoms with Crippen LogP contribution in [0.15, 0.2) is 59.0 Å². The topological polar surface area (TPSA) is 97.4 Å². The number of hydrogen-bond donors (Lipinski definition) is 2. The molecular weight excluding hydrogens is 286 g/mol. The van der Waals surface area contributed by atoms with Crippen molar-refractivity contribution in [1.29, 1.82) is 0 Å². The molecular formula is C15H11N3O4. The summed E-state index contributed by atoms with van der Waals surface area (Å²) in [7, 11) is 0.